The van der Waals surface area contributed by atoms with E-state index in [0.29, 0.717) is 12.2 Å². The minimum Gasteiger partial charge on any atom is -0.378 e. The maximum absolute atomic E-state index is 12.2. The molecule has 0 radical (unpaired) electrons. The maximum Gasteiger partial charge on any atom is 0.212 e. The number of nitrogens with one attached hydrogen (secondary N) is 1. The Kier molecular flexibility index (Phi) is 4.28. The molecule has 7 nitrogen and oxygen atoms in total. The molecule has 1 aromatic heterocycles. The third-order valence-corrected chi connectivity index (χ3v) is 5.45. The number of nitrogens with zero attached hydrogens (tertiary/aromatic N) is 3. The highest BCUT2D eigenvalue weighted by molar-refractivity contribution is 7.89. The van der Waals surface area contributed by atoms with Gasteiger partial charge in [0, 0.05) is 13.2 Å². The average Bonchev–Trinajstić information content (AvgIpc) is 3.05. The fourth-order valence-electron chi connectivity index (χ4n) is 3.01. The molecule has 1 fully saturated rings. The number of aryl methyl sites for hydroxylation is 2. The second-order valence-electron chi connectivity index (χ2n) is 5.80. The molecule has 0 bridgehead atoms. The Morgan fingerprint density at radius 3 is 3.00 bits per heavy atom. The van der Waals surface area contributed by atoms with Gasteiger partial charge in [0.2, 0.25) is 10.0 Å². The highest BCUT2D eigenvalue weighted by atomic mass is 32.2. The lowest BCUT2D eigenvalue weighted by molar-refractivity contribution is 0.108. The number of aromatic nitrogens is 3. The summed E-state index contributed by atoms with van der Waals surface area (Å²) in [6.45, 7) is 3.39. The molecule has 3 rings (SSSR count). The third kappa shape index (κ3) is 3.61. The number of fused-ring (bicyclic) bond motifs is 1. The molecule has 0 amide bonds. The topological polar surface area (TPSA) is 86.1 Å². The second-order valence-corrected chi connectivity index (χ2v) is 7.67. The average molecular weight is 314 g/mol. The van der Waals surface area contributed by atoms with E-state index in [1.54, 1.807) is 0 Å². The summed E-state index contributed by atoms with van der Waals surface area (Å²) in [7, 11) is -3.31. The molecule has 1 saturated heterocycles. The first kappa shape index (κ1) is 14.9. The van der Waals surface area contributed by atoms with Crippen molar-refractivity contribution in [3.8, 4) is 0 Å². The lowest BCUT2D eigenvalue weighted by Gasteiger charge is -2.23. The first-order valence-corrected chi connectivity index (χ1v) is 9.22. The molecular formula is C13H22N4O3S. The van der Waals surface area contributed by atoms with Gasteiger partial charge in [0.25, 0.3) is 0 Å². The summed E-state index contributed by atoms with van der Waals surface area (Å²) in [5.74, 6) is 1.54. The normalized spacial score (nSPS) is 26.0. The first-order valence-electron chi connectivity index (χ1n) is 7.56. The zero-order chi connectivity index (χ0) is 14.9. The Bertz CT molecular complexity index is 593. The predicted molar refractivity (Wildman–Crippen MR) is 77.2 cm³/mol. The zero-order valence-electron chi connectivity index (χ0n) is 12.3. The second kappa shape index (κ2) is 6.02. The van der Waals surface area contributed by atoms with Crippen LogP contribution in [0.5, 0.6) is 0 Å². The summed E-state index contributed by atoms with van der Waals surface area (Å²) < 4.78 is 34.6. The molecule has 21 heavy (non-hydrogen) atoms. The summed E-state index contributed by atoms with van der Waals surface area (Å²) in [6.07, 6.45) is 4.34. The molecule has 2 aliphatic heterocycles. The first-order chi connectivity index (χ1) is 10.0. The monoisotopic (exact) mass is 314 g/mol. The minimum atomic E-state index is -3.31. The van der Waals surface area contributed by atoms with Crippen molar-refractivity contribution < 1.29 is 13.2 Å². The number of hydrogen-bond acceptors (Lipinski definition) is 5. The Hall–Kier alpha value is -0.990. The molecule has 0 unspecified atom stereocenters. The van der Waals surface area contributed by atoms with Crippen LogP contribution in [0.3, 0.4) is 0 Å². The van der Waals surface area contributed by atoms with Gasteiger partial charge in [-0.15, -0.1) is 0 Å². The quantitative estimate of drug-likeness (QED) is 0.873. The van der Waals surface area contributed by atoms with Crippen LogP contribution in [-0.4, -0.2) is 41.6 Å². The van der Waals surface area contributed by atoms with Crippen LogP contribution in [0.1, 0.15) is 49.8 Å². The van der Waals surface area contributed by atoms with Crippen molar-refractivity contribution in [2.45, 2.75) is 57.7 Å². The van der Waals surface area contributed by atoms with Crippen LogP contribution in [0.4, 0.5) is 0 Å². The van der Waals surface area contributed by atoms with Gasteiger partial charge >= 0.3 is 0 Å². The van der Waals surface area contributed by atoms with Crippen LogP contribution >= 0.6 is 0 Å². The van der Waals surface area contributed by atoms with Crippen LogP contribution < -0.4 is 4.72 Å². The van der Waals surface area contributed by atoms with Crippen LogP contribution in [-0.2, 0) is 21.3 Å². The molecule has 2 atom stereocenters. The zero-order valence-corrected chi connectivity index (χ0v) is 13.1. The van der Waals surface area contributed by atoms with E-state index in [0.717, 1.165) is 44.7 Å². The molecule has 3 heterocycles. The van der Waals surface area contributed by atoms with Gasteiger partial charge in [-0.1, -0.05) is 0 Å². The van der Waals surface area contributed by atoms with Gasteiger partial charge < -0.3 is 4.74 Å². The highest BCUT2D eigenvalue weighted by Gasteiger charge is 2.28. The lowest BCUT2D eigenvalue weighted by Crippen LogP contribution is -2.35. The summed E-state index contributed by atoms with van der Waals surface area (Å²) in [5, 5.41) is 4.29. The number of ether oxygens (including phenoxy) is 1. The van der Waals surface area contributed by atoms with Crippen molar-refractivity contribution in [1.82, 2.24) is 19.5 Å². The van der Waals surface area contributed by atoms with E-state index in [9.17, 15) is 8.42 Å². The van der Waals surface area contributed by atoms with Crippen LogP contribution in [0.2, 0.25) is 0 Å². The van der Waals surface area contributed by atoms with E-state index in [1.165, 1.54) is 0 Å². The Morgan fingerprint density at radius 2 is 2.24 bits per heavy atom. The summed E-state index contributed by atoms with van der Waals surface area (Å²) in [6, 6.07) is -0.255. The summed E-state index contributed by atoms with van der Waals surface area (Å²) >= 11 is 0. The van der Waals surface area contributed by atoms with Gasteiger partial charge in [-0.3, -0.25) is 0 Å². The van der Waals surface area contributed by atoms with Crippen LogP contribution in [0.25, 0.3) is 0 Å². The highest BCUT2D eigenvalue weighted by Crippen LogP contribution is 2.24. The standard InChI is InChI=1S/C13H22N4O3S/c1-10-14-13-12(5-2-7-17(13)15-10)16-21(18,19)9-6-11-4-3-8-20-11/h11-12,16H,2-9H2,1H3/t11-,12+/m0/s1. The van der Waals surface area contributed by atoms with E-state index >= 15 is 0 Å². The van der Waals surface area contributed by atoms with Gasteiger partial charge in [0.1, 0.15) is 11.6 Å². The van der Waals surface area contributed by atoms with E-state index in [2.05, 4.69) is 14.8 Å². The summed E-state index contributed by atoms with van der Waals surface area (Å²) in [5.41, 5.74) is 0. The van der Waals surface area contributed by atoms with Crippen molar-refractivity contribution >= 4 is 10.0 Å². The Morgan fingerprint density at radius 1 is 1.38 bits per heavy atom. The fourth-order valence-corrected chi connectivity index (χ4v) is 4.36. The van der Waals surface area contributed by atoms with Crippen molar-refractivity contribution in [1.29, 1.82) is 0 Å². The molecule has 0 spiro atoms. The van der Waals surface area contributed by atoms with Gasteiger partial charge in [-0.25, -0.2) is 22.8 Å². The van der Waals surface area contributed by atoms with Crippen LogP contribution in [0, 0.1) is 6.92 Å². The Balaban J connectivity index is 1.62. The van der Waals surface area contributed by atoms with Crippen molar-refractivity contribution in [2.75, 3.05) is 12.4 Å². The van der Waals surface area contributed by atoms with Gasteiger partial charge in [0.15, 0.2) is 0 Å². The van der Waals surface area contributed by atoms with E-state index in [4.69, 9.17) is 4.74 Å². The maximum atomic E-state index is 12.2. The molecular weight excluding hydrogens is 292 g/mol. The Labute approximate surface area is 125 Å². The van der Waals surface area contributed by atoms with E-state index in [1.807, 2.05) is 11.6 Å². The molecule has 118 valence electrons. The largest absolute Gasteiger partial charge is 0.378 e. The van der Waals surface area contributed by atoms with Crippen molar-refractivity contribution in [2.24, 2.45) is 0 Å². The molecule has 8 heteroatoms. The molecule has 0 aromatic carbocycles. The SMILES string of the molecule is Cc1nc2n(n1)CCC[C@H]2NS(=O)(=O)CC[C@@H]1CCCO1. The molecule has 2 aliphatic rings. The number of hydrogen-bond donors (Lipinski definition) is 1. The number of rotatable bonds is 5. The number of sulfonamides is 1. The van der Waals surface area contributed by atoms with E-state index < -0.39 is 10.0 Å². The van der Waals surface area contributed by atoms with E-state index in [-0.39, 0.29) is 17.9 Å². The van der Waals surface area contributed by atoms with Gasteiger partial charge in [-0.2, -0.15) is 5.10 Å². The van der Waals surface area contributed by atoms with Crippen LogP contribution in [0.15, 0.2) is 0 Å². The van der Waals surface area contributed by atoms with Crippen molar-refractivity contribution in [3.63, 3.8) is 0 Å². The molecule has 1 N–H and O–H groups in total. The minimum absolute atomic E-state index is 0.0961. The van der Waals surface area contributed by atoms with Gasteiger partial charge in [-0.05, 0) is 39.0 Å². The fraction of sp³-hybridized carbons (Fsp3) is 0.846. The molecule has 0 aliphatic carbocycles. The van der Waals surface area contributed by atoms with Crippen molar-refractivity contribution in [3.05, 3.63) is 11.6 Å². The smallest absolute Gasteiger partial charge is 0.212 e. The predicted octanol–water partition coefficient (Wildman–Crippen LogP) is 0.910. The molecule has 1 aromatic rings. The van der Waals surface area contributed by atoms with Gasteiger partial charge in [0.05, 0.1) is 17.9 Å². The lowest BCUT2D eigenvalue weighted by atomic mass is 10.1. The molecule has 0 saturated carbocycles. The summed E-state index contributed by atoms with van der Waals surface area (Å²) in [4.78, 5) is 4.35. The third-order valence-electron chi connectivity index (χ3n) is 4.03.